The van der Waals surface area contributed by atoms with Gasteiger partial charge in [0.05, 0.1) is 18.1 Å². The second-order valence-electron chi connectivity index (χ2n) is 12.7. The second-order valence-corrected chi connectivity index (χ2v) is 12.7. The number of amides is 1. The van der Waals surface area contributed by atoms with Crippen molar-refractivity contribution in [2.24, 2.45) is 5.92 Å². The summed E-state index contributed by atoms with van der Waals surface area (Å²) < 4.78 is 56.3. The summed E-state index contributed by atoms with van der Waals surface area (Å²) in [6, 6.07) is 29.0. The van der Waals surface area contributed by atoms with Crippen LogP contribution in [0.25, 0.3) is 11.1 Å². The number of nitrogens with zero attached hydrogens (tertiary/aromatic N) is 1. The highest BCUT2D eigenvalue weighted by molar-refractivity contribution is 6.08. The summed E-state index contributed by atoms with van der Waals surface area (Å²) in [5, 5.41) is 2.92. The standard InChI is InChI=1S/C40H41F3N2O5/c41-40(42,43)31-15-13-28(14-16-31)34-10-4-5-11-35(34)38(46)44-32-17-19-33(20-18-32)45-23-21-30(22-24-45)37(29-8-2-1-3-9-29)39(47)50-27-26-49-36-12-6-7-25-48-36/h1-5,8-11,13-20,30,36-37H,6-7,12,21-27H2,(H,44,46). The number of ether oxygens (including phenoxy) is 3. The van der Waals surface area contributed by atoms with Gasteiger partial charge in [-0.05, 0) is 97.2 Å². The molecule has 1 N–H and O–H groups in total. The molecule has 6 rings (SSSR count). The maximum atomic E-state index is 13.4. The summed E-state index contributed by atoms with van der Waals surface area (Å²) >= 11 is 0. The molecule has 2 fully saturated rings. The van der Waals surface area contributed by atoms with Crippen LogP contribution in [0, 0.1) is 5.92 Å². The van der Waals surface area contributed by atoms with Crippen molar-refractivity contribution in [3.63, 3.8) is 0 Å². The molecular weight excluding hydrogens is 645 g/mol. The number of hydrogen-bond donors (Lipinski definition) is 1. The fourth-order valence-electron chi connectivity index (χ4n) is 6.73. The monoisotopic (exact) mass is 686 g/mol. The van der Waals surface area contributed by atoms with E-state index in [1.54, 1.807) is 24.3 Å². The van der Waals surface area contributed by atoms with Gasteiger partial charge in [0.1, 0.15) is 6.61 Å². The highest BCUT2D eigenvalue weighted by atomic mass is 19.4. The number of esters is 1. The Bertz CT molecular complexity index is 1700. The van der Waals surface area contributed by atoms with Crippen molar-refractivity contribution >= 4 is 23.3 Å². The fourth-order valence-corrected chi connectivity index (χ4v) is 6.73. The van der Waals surface area contributed by atoms with Gasteiger partial charge in [-0.15, -0.1) is 0 Å². The molecule has 0 radical (unpaired) electrons. The summed E-state index contributed by atoms with van der Waals surface area (Å²) in [4.78, 5) is 29.0. The Kier molecular flexibility index (Phi) is 11.5. The van der Waals surface area contributed by atoms with Crippen molar-refractivity contribution in [1.82, 2.24) is 0 Å². The fraction of sp³-hybridized carbons (Fsp3) is 0.350. The van der Waals surface area contributed by atoms with E-state index in [4.69, 9.17) is 14.2 Å². The van der Waals surface area contributed by atoms with Gasteiger partial charge in [0.15, 0.2) is 6.29 Å². The molecule has 2 atom stereocenters. The van der Waals surface area contributed by atoms with Crippen LogP contribution in [0.4, 0.5) is 24.5 Å². The van der Waals surface area contributed by atoms with E-state index in [9.17, 15) is 22.8 Å². The maximum Gasteiger partial charge on any atom is 0.416 e. The van der Waals surface area contributed by atoms with Crippen LogP contribution < -0.4 is 10.2 Å². The summed E-state index contributed by atoms with van der Waals surface area (Å²) in [5.74, 6) is -0.844. The Labute approximate surface area is 290 Å². The molecule has 262 valence electrons. The molecule has 0 aliphatic carbocycles. The van der Waals surface area contributed by atoms with Gasteiger partial charge in [0.25, 0.3) is 5.91 Å². The third kappa shape index (κ3) is 8.91. The second kappa shape index (κ2) is 16.4. The molecule has 50 heavy (non-hydrogen) atoms. The van der Waals surface area contributed by atoms with Crippen molar-refractivity contribution in [2.45, 2.75) is 50.5 Å². The van der Waals surface area contributed by atoms with Crippen molar-refractivity contribution < 1.29 is 37.0 Å². The SMILES string of the molecule is O=C(Nc1ccc(N2CCC(C(C(=O)OCCOC3CCCCO3)c3ccccc3)CC2)cc1)c1ccccc1-c1ccc(C(F)(F)F)cc1. The lowest BCUT2D eigenvalue weighted by atomic mass is 9.80. The van der Waals surface area contributed by atoms with Crippen LogP contribution in [-0.2, 0) is 25.2 Å². The lowest BCUT2D eigenvalue weighted by Crippen LogP contribution is -2.38. The van der Waals surface area contributed by atoms with Gasteiger partial charge in [-0.1, -0.05) is 60.7 Å². The number of anilines is 2. The van der Waals surface area contributed by atoms with Crippen LogP contribution in [0.1, 0.15) is 59.5 Å². The van der Waals surface area contributed by atoms with Gasteiger partial charge < -0.3 is 24.4 Å². The number of carbonyl (C=O) groups is 2. The number of rotatable bonds is 11. The van der Waals surface area contributed by atoms with E-state index in [0.717, 1.165) is 68.6 Å². The highest BCUT2D eigenvalue weighted by Crippen LogP contribution is 2.36. The van der Waals surface area contributed by atoms with E-state index in [1.807, 2.05) is 54.6 Å². The van der Waals surface area contributed by atoms with Gasteiger partial charge in [-0.25, -0.2) is 0 Å². The number of piperidine rings is 1. The first-order valence-corrected chi connectivity index (χ1v) is 17.1. The van der Waals surface area contributed by atoms with Gasteiger partial charge in [-0.3, -0.25) is 9.59 Å². The van der Waals surface area contributed by atoms with E-state index < -0.39 is 11.7 Å². The maximum absolute atomic E-state index is 13.4. The third-order valence-electron chi connectivity index (χ3n) is 9.38. The van der Waals surface area contributed by atoms with Crippen molar-refractivity contribution in [3.05, 3.63) is 120 Å². The molecule has 2 aliphatic rings. The zero-order valence-electron chi connectivity index (χ0n) is 27.7. The Morgan fingerprint density at radius 2 is 1.52 bits per heavy atom. The first-order chi connectivity index (χ1) is 24.3. The lowest BCUT2D eigenvalue weighted by Gasteiger charge is -2.36. The van der Waals surface area contributed by atoms with Crippen LogP contribution in [0.3, 0.4) is 0 Å². The summed E-state index contributed by atoms with van der Waals surface area (Å²) in [7, 11) is 0. The van der Waals surface area contributed by atoms with E-state index in [1.165, 1.54) is 12.1 Å². The van der Waals surface area contributed by atoms with E-state index in [0.29, 0.717) is 35.6 Å². The van der Waals surface area contributed by atoms with Crippen LogP contribution in [0.15, 0.2) is 103 Å². The van der Waals surface area contributed by atoms with Gasteiger partial charge >= 0.3 is 12.1 Å². The smallest absolute Gasteiger partial charge is 0.416 e. The van der Waals surface area contributed by atoms with E-state index >= 15 is 0 Å². The summed E-state index contributed by atoms with van der Waals surface area (Å²) in [6.07, 6.45) is -0.0625. The third-order valence-corrected chi connectivity index (χ3v) is 9.38. The number of nitrogens with one attached hydrogen (secondary N) is 1. The minimum absolute atomic E-state index is 0.118. The van der Waals surface area contributed by atoms with Gasteiger partial charge in [-0.2, -0.15) is 13.2 Å². The van der Waals surface area contributed by atoms with Crippen LogP contribution in [0.5, 0.6) is 0 Å². The van der Waals surface area contributed by atoms with Crippen molar-refractivity contribution in [2.75, 3.05) is 43.1 Å². The minimum Gasteiger partial charge on any atom is -0.463 e. The number of benzene rings is 4. The quantitative estimate of drug-likeness (QED) is 0.126. The van der Waals surface area contributed by atoms with Gasteiger partial charge in [0.2, 0.25) is 0 Å². The number of carbonyl (C=O) groups excluding carboxylic acids is 2. The molecule has 4 aromatic rings. The highest BCUT2D eigenvalue weighted by Gasteiger charge is 2.34. The molecule has 0 spiro atoms. The van der Waals surface area contributed by atoms with Gasteiger partial charge in [0, 0.05) is 36.6 Å². The molecule has 4 aromatic carbocycles. The molecular formula is C40H41F3N2O5. The minimum atomic E-state index is -4.43. The summed E-state index contributed by atoms with van der Waals surface area (Å²) in [6.45, 7) is 2.71. The summed E-state index contributed by atoms with van der Waals surface area (Å²) in [5.41, 5.74) is 3.23. The predicted octanol–water partition coefficient (Wildman–Crippen LogP) is 8.71. The molecule has 0 bridgehead atoms. The van der Waals surface area contributed by atoms with Crippen LogP contribution >= 0.6 is 0 Å². The van der Waals surface area contributed by atoms with E-state index in [2.05, 4.69) is 10.2 Å². The molecule has 2 aliphatic heterocycles. The zero-order valence-corrected chi connectivity index (χ0v) is 27.7. The molecule has 2 heterocycles. The van der Waals surface area contributed by atoms with Crippen molar-refractivity contribution in [3.8, 4) is 11.1 Å². The Morgan fingerprint density at radius 1 is 0.820 bits per heavy atom. The zero-order chi connectivity index (χ0) is 34.9. The van der Waals surface area contributed by atoms with E-state index in [-0.39, 0.29) is 36.6 Å². The molecule has 0 saturated carbocycles. The Balaban J connectivity index is 1.04. The van der Waals surface area contributed by atoms with Crippen molar-refractivity contribution in [1.29, 1.82) is 0 Å². The Morgan fingerprint density at radius 3 is 2.20 bits per heavy atom. The average molecular weight is 687 g/mol. The first-order valence-electron chi connectivity index (χ1n) is 17.1. The number of alkyl halides is 3. The molecule has 1 amide bonds. The number of hydrogen-bond acceptors (Lipinski definition) is 6. The Hall–Kier alpha value is -4.67. The lowest BCUT2D eigenvalue weighted by molar-refractivity contribution is -0.174. The molecule has 7 nitrogen and oxygen atoms in total. The molecule has 2 unspecified atom stereocenters. The predicted molar refractivity (Wildman–Crippen MR) is 186 cm³/mol. The average Bonchev–Trinajstić information content (AvgIpc) is 3.15. The number of halogens is 3. The van der Waals surface area contributed by atoms with Crippen LogP contribution in [-0.4, -0.2) is 51.1 Å². The topological polar surface area (TPSA) is 77.1 Å². The molecule has 0 aromatic heterocycles. The van der Waals surface area contributed by atoms with Crippen LogP contribution in [0.2, 0.25) is 0 Å². The molecule has 10 heteroatoms. The largest absolute Gasteiger partial charge is 0.463 e. The normalized spacial score (nSPS) is 17.6. The first kappa shape index (κ1) is 35.2. The molecule has 2 saturated heterocycles.